The lowest BCUT2D eigenvalue weighted by Gasteiger charge is -2.47. The molecule has 0 aromatic heterocycles. The summed E-state index contributed by atoms with van der Waals surface area (Å²) in [5, 5.41) is 3.03. The van der Waals surface area contributed by atoms with Gasteiger partial charge in [-0.1, -0.05) is 22.9 Å². The number of carbonyl (C=O) groups is 1. The van der Waals surface area contributed by atoms with Crippen molar-refractivity contribution in [2.45, 2.75) is 43.0 Å². The largest absolute Gasteiger partial charge is 0.353 e. The second kappa shape index (κ2) is 5.30. The molecular formula is C11H21BrN2O. The summed E-state index contributed by atoms with van der Waals surface area (Å²) in [7, 11) is 4.19. The normalized spacial score (nSPS) is 20.9. The lowest BCUT2D eigenvalue weighted by molar-refractivity contribution is -0.121. The monoisotopic (exact) mass is 276 g/mol. The van der Waals surface area contributed by atoms with E-state index < -0.39 is 0 Å². The molecule has 1 N–H and O–H groups in total. The smallest absolute Gasteiger partial charge is 0.233 e. The Balaban J connectivity index is 2.38. The maximum atomic E-state index is 11.6. The van der Waals surface area contributed by atoms with Gasteiger partial charge in [-0.2, -0.15) is 0 Å². The predicted molar refractivity (Wildman–Crippen MR) is 66.3 cm³/mol. The molecule has 1 amide bonds. The predicted octanol–water partition coefficient (Wildman–Crippen LogP) is 1.76. The average Bonchev–Trinajstić information content (AvgIpc) is 2.14. The number of nitrogens with zero attached hydrogens (tertiary/aromatic N) is 1. The van der Waals surface area contributed by atoms with Gasteiger partial charge in [-0.25, -0.2) is 0 Å². The van der Waals surface area contributed by atoms with E-state index in [1.807, 2.05) is 6.92 Å². The van der Waals surface area contributed by atoms with Gasteiger partial charge in [0.15, 0.2) is 0 Å². The second-order valence-corrected chi connectivity index (χ2v) is 5.67. The van der Waals surface area contributed by atoms with Crippen LogP contribution in [0.1, 0.15) is 32.6 Å². The molecule has 0 aliphatic heterocycles. The molecule has 1 aliphatic carbocycles. The van der Waals surface area contributed by atoms with Crippen molar-refractivity contribution in [2.75, 3.05) is 20.6 Å². The number of hydrogen-bond acceptors (Lipinski definition) is 2. The van der Waals surface area contributed by atoms with E-state index in [1.54, 1.807) is 0 Å². The molecule has 0 radical (unpaired) electrons. The fourth-order valence-electron chi connectivity index (χ4n) is 1.91. The zero-order chi connectivity index (χ0) is 11.5. The number of nitrogens with one attached hydrogen (secondary N) is 1. The first-order valence-electron chi connectivity index (χ1n) is 5.61. The molecule has 0 spiro atoms. The lowest BCUT2D eigenvalue weighted by Crippen LogP contribution is -2.57. The summed E-state index contributed by atoms with van der Waals surface area (Å²) < 4.78 is 0. The van der Waals surface area contributed by atoms with Gasteiger partial charge < -0.3 is 10.2 Å². The number of carbonyl (C=O) groups excluding carboxylic acids is 1. The van der Waals surface area contributed by atoms with Crippen molar-refractivity contribution < 1.29 is 4.79 Å². The van der Waals surface area contributed by atoms with Crippen LogP contribution < -0.4 is 5.32 Å². The van der Waals surface area contributed by atoms with Gasteiger partial charge in [0.05, 0.1) is 4.83 Å². The Labute approximate surface area is 101 Å². The fraction of sp³-hybridized carbons (Fsp3) is 0.909. The number of halogens is 1. The summed E-state index contributed by atoms with van der Waals surface area (Å²) in [5.74, 6) is 0.116. The first-order chi connectivity index (χ1) is 7.02. The molecule has 1 fully saturated rings. The van der Waals surface area contributed by atoms with Gasteiger partial charge in [0.2, 0.25) is 5.91 Å². The zero-order valence-corrected chi connectivity index (χ0v) is 11.4. The van der Waals surface area contributed by atoms with Crippen molar-refractivity contribution in [3.63, 3.8) is 0 Å². The number of rotatable bonds is 5. The summed E-state index contributed by atoms with van der Waals surface area (Å²) in [6.07, 6.45) is 4.50. The molecule has 1 unspecified atom stereocenters. The summed E-state index contributed by atoms with van der Waals surface area (Å²) in [4.78, 5) is 13.8. The van der Waals surface area contributed by atoms with Crippen LogP contribution in [0.15, 0.2) is 0 Å². The number of likely N-dealkylation sites (N-methyl/N-ethyl adjacent to an activating group) is 1. The van der Waals surface area contributed by atoms with E-state index in [0.717, 1.165) is 13.0 Å². The minimum atomic E-state index is -0.0446. The number of hydrogen-bond donors (Lipinski definition) is 1. The maximum absolute atomic E-state index is 11.6. The number of alkyl halides is 1. The highest BCUT2D eigenvalue weighted by Gasteiger charge is 2.39. The Hall–Kier alpha value is -0.0900. The van der Waals surface area contributed by atoms with E-state index in [2.05, 4.69) is 40.2 Å². The molecule has 15 heavy (non-hydrogen) atoms. The Bertz CT molecular complexity index is 227. The molecule has 1 saturated carbocycles. The Morgan fingerprint density at radius 2 is 2.13 bits per heavy atom. The van der Waals surface area contributed by atoms with Gasteiger partial charge in [-0.15, -0.1) is 0 Å². The van der Waals surface area contributed by atoms with E-state index in [9.17, 15) is 4.79 Å². The van der Waals surface area contributed by atoms with E-state index in [-0.39, 0.29) is 16.3 Å². The van der Waals surface area contributed by atoms with Gasteiger partial charge in [-0.3, -0.25) is 4.79 Å². The Kier molecular flexibility index (Phi) is 4.59. The zero-order valence-electron chi connectivity index (χ0n) is 9.85. The van der Waals surface area contributed by atoms with Crippen LogP contribution in [0.4, 0.5) is 0 Å². The van der Waals surface area contributed by atoms with E-state index in [1.165, 1.54) is 19.3 Å². The molecule has 1 rings (SSSR count). The Morgan fingerprint density at radius 3 is 2.47 bits per heavy atom. The topological polar surface area (TPSA) is 32.3 Å². The first-order valence-corrected chi connectivity index (χ1v) is 6.52. The highest BCUT2D eigenvalue weighted by molar-refractivity contribution is 9.10. The number of amides is 1. The fourth-order valence-corrected chi connectivity index (χ4v) is 2.08. The summed E-state index contributed by atoms with van der Waals surface area (Å²) in [5.41, 5.74) is 0.218. The third kappa shape index (κ3) is 2.94. The molecule has 4 heteroatoms. The SMILES string of the molecule is CCC(Br)C(=O)NCC1(N(C)C)CCC1. The second-order valence-electron chi connectivity index (χ2n) is 4.57. The van der Waals surface area contributed by atoms with Crippen LogP contribution in [-0.2, 0) is 4.79 Å². The third-order valence-corrected chi connectivity index (χ3v) is 4.53. The molecule has 0 aromatic carbocycles. The molecule has 0 heterocycles. The van der Waals surface area contributed by atoms with Gasteiger partial charge in [0.1, 0.15) is 0 Å². The van der Waals surface area contributed by atoms with E-state index >= 15 is 0 Å². The molecule has 0 bridgehead atoms. The summed E-state index contributed by atoms with van der Waals surface area (Å²) >= 11 is 3.36. The van der Waals surface area contributed by atoms with Crippen LogP contribution in [-0.4, -0.2) is 41.8 Å². The molecule has 3 nitrogen and oxygen atoms in total. The average molecular weight is 277 g/mol. The van der Waals surface area contributed by atoms with Crippen LogP contribution in [0.5, 0.6) is 0 Å². The van der Waals surface area contributed by atoms with Crippen molar-refractivity contribution in [2.24, 2.45) is 0 Å². The molecule has 88 valence electrons. The van der Waals surface area contributed by atoms with E-state index in [0.29, 0.717) is 0 Å². The molecule has 0 aromatic rings. The maximum Gasteiger partial charge on any atom is 0.233 e. The molecule has 1 atom stereocenters. The molecule has 1 aliphatic rings. The van der Waals surface area contributed by atoms with Crippen LogP contribution in [0.2, 0.25) is 0 Å². The van der Waals surface area contributed by atoms with Crippen LogP contribution in [0.25, 0.3) is 0 Å². The molecule has 0 saturated heterocycles. The Morgan fingerprint density at radius 1 is 1.53 bits per heavy atom. The lowest BCUT2D eigenvalue weighted by atomic mass is 9.75. The van der Waals surface area contributed by atoms with Gasteiger partial charge >= 0.3 is 0 Å². The third-order valence-electron chi connectivity index (χ3n) is 3.47. The summed E-state index contributed by atoms with van der Waals surface area (Å²) in [6, 6.07) is 0. The first kappa shape index (κ1) is 13.0. The summed E-state index contributed by atoms with van der Waals surface area (Å²) in [6.45, 7) is 2.78. The quantitative estimate of drug-likeness (QED) is 0.777. The van der Waals surface area contributed by atoms with Gasteiger partial charge in [-0.05, 0) is 39.8 Å². The van der Waals surface area contributed by atoms with Crippen molar-refractivity contribution in [1.29, 1.82) is 0 Å². The molecular weight excluding hydrogens is 256 g/mol. The van der Waals surface area contributed by atoms with Crippen molar-refractivity contribution >= 4 is 21.8 Å². The van der Waals surface area contributed by atoms with Crippen LogP contribution in [0.3, 0.4) is 0 Å². The van der Waals surface area contributed by atoms with Gasteiger partial charge in [0, 0.05) is 12.1 Å². The minimum absolute atomic E-state index is 0.0446. The van der Waals surface area contributed by atoms with Crippen molar-refractivity contribution in [1.82, 2.24) is 10.2 Å². The highest BCUT2D eigenvalue weighted by atomic mass is 79.9. The van der Waals surface area contributed by atoms with Crippen LogP contribution >= 0.6 is 15.9 Å². The van der Waals surface area contributed by atoms with E-state index in [4.69, 9.17) is 0 Å². The van der Waals surface area contributed by atoms with Crippen molar-refractivity contribution in [3.05, 3.63) is 0 Å². The minimum Gasteiger partial charge on any atom is -0.353 e. The standard InChI is InChI=1S/C11H21BrN2O/c1-4-9(12)10(15)13-8-11(14(2)3)6-5-7-11/h9H,4-8H2,1-3H3,(H,13,15). The van der Waals surface area contributed by atoms with Crippen LogP contribution in [0, 0.1) is 0 Å². The van der Waals surface area contributed by atoms with Crippen molar-refractivity contribution in [3.8, 4) is 0 Å². The van der Waals surface area contributed by atoms with Gasteiger partial charge in [0.25, 0.3) is 0 Å². The highest BCUT2D eigenvalue weighted by Crippen LogP contribution is 2.35.